The lowest BCUT2D eigenvalue weighted by atomic mass is 10.1. The van der Waals surface area contributed by atoms with Gasteiger partial charge in [-0.05, 0) is 41.5 Å². The molecule has 0 spiro atoms. The van der Waals surface area contributed by atoms with Crippen molar-refractivity contribution in [1.82, 2.24) is 0 Å². The Morgan fingerprint density at radius 3 is 2.71 bits per heavy atom. The maximum Gasteiger partial charge on any atom is 0.123 e. The Kier molecular flexibility index (Phi) is 5.25. The van der Waals surface area contributed by atoms with Gasteiger partial charge in [0.25, 0.3) is 0 Å². The zero-order valence-electron chi connectivity index (χ0n) is 11.6. The normalized spacial score (nSPS) is 10.4. The zero-order valence-corrected chi connectivity index (χ0v) is 12.5. The zero-order chi connectivity index (χ0) is 15.2. The molecule has 2 rings (SSSR count). The van der Waals surface area contributed by atoms with Crippen LogP contribution in [0.2, 0.25) is 0 Å². The third-order valence-electron chi connectivity index (χ3n) is 2.99. The van der Waals surface area contributed by atoms with Gasteiger partial charge in [-0.15, -0.1) is 0 Å². The molecule has 0 atom stereocenters. The second-order valence-corrected chi connectivity index (χ2v) is 4.95. The Labute approximate surface area is 128 Å². The first-order chi connectivity index (χ1) is 10.1. The summed E-state index contributed by atoms with van der Waals surface area (Å²) in [5.74, 6) is 0.431. The minimum absolute atomic E-state index is 0.231. The molecule has 2 N–H and O–H groups in total. The van der Waals surface area contributed by atoms with Gasteiger partial charge in [0.05, 0.1) is 20.3 Å². The third kappa shape index (κ3) is 4.24. The van der Waals surface area contributed by atoms with E-state index in [1.165, 1.54) is 12.1 Å². The van der Waals surface area contributed by atoms with Crippen molar-refractivity contribution in [2.45, 2.75) is 13.2 Å². The van der Waals surface area contributed by atoms with Crippen LogP contribution in [-0.4, -0.2) is 12.1 Å². The summed E-state index contributed by atoms with van der Waals surface area (Å²) in [5, 5.41) is 0. The fourth-order valence-corrected chi connectivity index (χ4v) is 2.16. The van der Waals surface area contributed by atoms with Crippen molar-refractivity contribution in [2.75, 3.05) is 7.11 Å². The summed E-state index contributed by atoms with van der Waals surface area (Å²) < 4.78 is 24.1. The Balaban J connectivity index is 2.03. The number of benzene rings is 2. The van der Waals surface area contributed by atoms with Crippen LogP contribution in [0.25, 0.3) is 0 Å². The highest BCUT2D eigenvalue weighted by Crippen LogP contribution is 2.16. The second kappa shape index (κ2) is 7.15. The molecule has 5 heteroatoms. The fourth-order valence-electron chi connectivity index (χ4n) is 1.96. The van der Waals surface area contributed by atoms with Gasteiger partial charge in [-0.1, -0.05) is 24.4 Å². The van der Waals surface area contributed by atoms with E-state index < -0.39 is 0 Å². The maximum atomic E-state index is 13.3. The predicted octanol–water partition coefficient (Wildman–Crippen LogP) is 3.19. The first-order valence-electron chi connectivity index (χ1n) is 6.39. The van der Waals surface area contributed by atoms with Crippen molar-refractivity contribution in [3.63, 3.8) is 0 Å². The smallest absolute Gasteiger partial charge is 0.123 e. The lowest BCUT2D eigenvalue weighted by Gasteiger charge is -2.10. The van der Waals surface area contributed by atoms with Crippen molar-refractivity contribution in [1.29, 1.82) is 0 Å². The predicted molar refractivity (Wildman–Crippen MR) is 83.8 cm³/mol. The van der Waals surface area contributed by atoms with Gasteiger partial charge >= 0.3 is 0 Å². The Morgan fingerprint density at radius 1 is 1.19 bits per heavy atom. The van der Waals surface area contributed by atoms with Crippen LogP contribution >= 0.6 is 12.2 Å². The van der Waals surface area contributed by atoms with E-state index in [4.69, 9.17) is 27.4 Å². The number of hydrogen-bond donors (Lipinski definition) is 1. The summed E-state index contributed by atoms with van der Waals surface area (Å²) in [6.07, 6.45) is 0. The third-order valence-corrected chi connectivity index (χ3v) is 3.21. The highest BCUT2D eigenvalue weighted by molar-refractivity contribution is 7.80. The molecule has 0 saturated carbocycles. The van der Waals surface area contributed by atoms with Crippen LogP contribution in [0.4, 0.5) is 4.39 Å². The molecule has 2 aromatic carbocycles. The van der Waals surface area contributed by atoms with Crippen molar-refractivity contribution < 1.29 is 13.9 Å². The van der Waals surface area contributed by atoms with E-state index in [1.807, 2.05) is 24.3 Å². The first-order valence-corrected chi connectivity index (χ1v) is 6.80. The Bertz CT molecular complexity index is 646. The quantitative estimate of drug-likeness (QED) is 0.833. The topological polar surface area (TPSA) is 44.5 Å². The van der Waals surface area contributed by atoms with Crippen molar-refractivity contribution in [3.8, 4) is 5.75 Å². The first kappa shape index (κ1) is 15.4. The lowest BCUT2D eigenvalue weighted by Crippen LogP contribution is -2.13. The molecule has 110 valence electrons. The SMILES string of the molecule is COc1cccc(COCc2cc(F)ccc2C(N)=S)c1. The van der Waals surface area contributed by atoms with Gasteiger partial charge in [-0.25, -0.2) is 4.39 Å². The van der Waals surface area contributed by atoms with Crippen molar-refractivity contribution in [3.05, 3.63) is 65.0 Å². The summed E-state index contributed by atoms with van der Waals surface area (Å²) in [7, 11) is 1.61. The largest absolute Gasteiger partial charge is 0.497 e. The molecule has 0 fully saturated rings. The molecule has 0 aromatic heterocycles. The summed E-state index contributed by atoms with van der Waals surface area (Å²) in [5.41, 5.74) is 7.88. The van der Waals surface area contributed by atoms with Gasteiger partial charge in [0.2, 0.25) is 0 Å². The van der Waals surface area contributed by atoms with Crippen LogP contribution in [-0.2, 0) is 18.0 Å². The molecule has 0 aliphatic carbocycles. The van der Waals surface area contributed by atoms with Crippen molar-refractivity contribution >= 4 is 17.2 Å². The average molecular weight is 305 g/mol. The minimum Gasteiger partial charge on any atom is -0.497 e. The second-order valence-electron chi connectivity index (χ2n) is 4.51. The fraction of sp³-hybridized carbons (Fsp3) is 0.188. The molecule has 0 aliphatic heterocycles. The highest BCUT2D eigenvalue weighted by Gasteiger charge is 2.07. The molecule has 0 bridgehead atoms. The number of methoxy groups -OCH3 is 1. The van der Waals surface area contributed by atoms with E-state index in [0.29, 0.717) is 17.7 Å². The van der Waals surface area contributed by atoms with Gasteiger partial charge in [-0.3, -0.25) is 0 Å². The molecule has 2 aromatic rings. The van der Waals surface area contributed by atoms with Crippen LogP contribution in [0.15, 0.2) is 42.5 Å². The number of hydrogen-bond acceptors (Lipinski definition) is 3. The number of thiocarbonyl (C=S) groups is 1. The van der Waals surface area contributed by atoms with Gasteiger partial charge in [0.15, 0.2) is 0 Å². The molecule has 3 nitrogen and oxygen atoms in total. The Hall–Kier alpha value is -1.98. The minimum atomic E-state index is -0.338. The molecule has 0 amide bonds. The average Bonchev–Trinajstić information content (AvgIpc) is 2.47. The lowest BCUT2D eigenvalue weighted by molar-refractivity contribution is 0.106. The van der Waals surface area contributed by atoms with E-state index in [0.717, 1.165) is 11.3 Å². The summed E-state index contributed by atoms with van der Waals surface area (Å²) in [6, 6.07) is 11.9. The highest BCUT2D eigenvalue weighted by atomic mass is 32.1. The summed E-state index contributed by atoms with van der Waals surface area (Å²) >= 11 is 4.95. The van der Waals surface area contributed by atoms with Gasteiger partial charge < -0.3 is 15.2 Å². The number of halogens is 1. The number of ether oxygens (including phenoxy) is 2. The van der Waals surface area contributed by atoms with E-state index in [-0.39, 0.29) is 17.4 Å². The molecule has 0 unspecified atom stereocenters. The van der Waals surface area contributed by atoms with Crippen LogP contribution < -0.4 is 10.5 Å². The molecule has 0 aliphatic rings. The molecule has 0 radical (unpaired) electrons. The number of nitrogens with two attached hydrogens (primary N) is 1. The van der Waals surface area contributed by atoms with E-state index >= 15 is 0 Å². The Morgan fingerprint density at radius 2 is 2.00 bits per heavy atom. The van der Waals surface area contributed by atoms with E-state index in [2.05, 4.69) is 0 Å². The molecule has 0 heterocycles. The van der Waals surface area contributed by atoms with Crippen LogP contribution in [0.1, 0.15) is 16.7 Å². The van der Waals surface area contributed by atoms with Crippen LogP contribution in [0.5, 0.6) is 5.75 Å². The molecule has 0 saturated heterocycles. The molecule has 21 heavy (non-hydrogen) atoms. The van der Waals surface area contributed by atoms with Gasteiger partial charge in [0.1, 0.15) is 16.6 Å². The summed E-state index contributed by atoms with van der Waals surface area (Å²) in [6.45, 7) is 0.631. The maximum absolute atomic E-state index is 13.3. The van der Waals surface area contributed by atoms with Crippen LogP contribution in [0, 0.1) is 5.82 Å². The van der Waals surface area contributed by atoms with E-state index in [1.54, 1.807) is 13.2 Å². The standard InChI is InChI=1S/C16H16FNO2S/c1-19-14-4-2-3-11(7-14)9-20-10-12-8-13(17)5-6-15(12)16(18)21/h2-8H,9-10H2,1H3,(H2,18,21). The van der Waals surface area contributed by atoms with Gasteiger partial charge in [0, 0.05) is 5.56 Å². The molecular formula is C16H16FNO2S. The monoisotopic (exact) mass is 305 g/mol. The molecular weight excluding hydrogens is 289 g/mol. The number of rotatable bonds is 6. The van der Waals surface area contributed by atoms with E-state index in [9.17, 15) is 4.39 Å². The summed E-state index contributed by atoms with van der Waals surface area (Å²) in [4.78, 5) is 0.231. The van der Waals surface area contributed by atoms with Crippen molar-refractivity contribution in [2.24, 2.45) is 5.73 Å². The van der Waals surface area contributed by atoms with Crippen LogP contribution in [0.3, 0.4) is 0 Å². The van der Waals surface area contributed by atoms with Gasteiger partial charge in [-0.2, -0.15) is 0 Å².